The van der Waals surface area contributed by atoms with Gasteiger partial charge in [-0.3, -0.25) is 0 Å². The van der Waals surface area contributed by atoms with E-state index in [-0.39, 0.29) is 0 Å². The zero-order valence-electron chi connectivity index (χ0n) is 10.4. The Labute approximate surface area is 106 Å². The fourth-order valence-electron chi connectivity index (χ4n) is 1.49. The molecule has 1 heterocycles. The van der Waals surface area contributed by atoms with Crippen LogP contribution >= 0.6 is 0 Å². The van der Waals surface area contributed by atoms with Crippen molar-refractivity contribution in [3.63, 3.8) is 0 Å². The van der Waals surface area contributed by atoms with Crippen LogP contribution in [0.2, 0.25) is 0 Å². The SMILES string of the molecule is COc1cccc(Oc2ncc(CN)c(C)n2)c1. The van der Waals surface area contributed by atoms with Crippen LogP contribution in [0.25, 0.3) is 0 Å². The predicted molar refractivity (Wildman–Crippen MR) is 67.7 cm³/mol. The van der Waals surface area contributed by atoms with Crippen LogP contribution in [0.1, 0.15) is 11.3 Å². The van der Waals surface area contributed by atoms with Gasteiger partial charge in [0.05, 0.1) is 7.11 Å². The molecule has 0 spiro atoms. The van der Waals surface area contributed by atoms with Crippen LogP contribution in [0.4, 0.5) is 0 Å². The second-order valence-electron chi connectivity index (χ2n) is 3.75. The first-order valence-electron chi connectivity index (χ1n) is 5.57. The van der Waals surface area contributed by atoms with E-state index in [2.05, 4.69) is 9.97 Å². The molecular formula is C13H15N3O2. The fraction of sp³-hybridized carbons (Fsp3) is 0.231. The Morgan fingerprint density at radius 2 is 2.06 bits per heavy atom. The number of benzene rings is 1. The largest absolute Gasteiger partial charge is 0.497 e. The van der Waals surface area contributed by atoms with Crippen molar-refractivity contribution in [1.29, 1.82) is 0 Å². The lowest BCUT2D eigenvalue weighted by atomic mass is 10.2. The molecule has 2 N–H and O–H groups in total. The van der Waals surface area contributed by atoms with Crippen molar-refractivity contribution in [2.45, 2.75) is 13.5 Å². The molecule has 0 atom stereocenters. The normalized spacial score (nSPS) is 10.2. The van der Waals surface area contributed by atoms with Crippen molar-refractivity contribution < 1.29 is 9.47 Å². The summed E-state index contributed by atoms with van der Waals surface area (Å²) in [6.45, 7) is 2.30. The molecule has 94 valence electrons. The molecule has 0 aliphatic heterocycles. The number of methoxy groups -OCH3 is 1. The Balaban J connectivity index is 2.20. The zero-order valence-corrected chi connectivity index (χ0v) is 10.4. The number of aromatic nitrogens is 2. The van der Waals surface area contributed by atoms with Gasteiger partial charge in [0, 0.05) is 30.1 Å². The van der Waals surface area contributed by atoms with Crippen molar-refractivity contribution in [2.24, 2.45) is 5.73 Å². The standard InChI is InChI=1S/C13H15N3O2/c1-9-10(7-14)8-15-13(16-9)18-12-5-3-4-11(6-12)17-2/h3-6,8H,7,14H2,1-2H3. The van der Waals surface area contributed by atoms with Crippen molar-refractivity contribution in [2.75, 3.05) is 7.11 Å². The summed E-state index contributed by atoms with van der Waals surface area (Å²) in [4.78, 5) is 8.35. The topological polar surface area (TPSA) is 70.3 Å². The maximum atomic E-state index is 5.56. The Bertz CT molecular complexity index is 544. The Morgan fingerprint density at radius 3 is 2.72 bits per heavy atom. The second-order valence-corrected chi connectivity index (χ2v) is 3.75. The number of nitrogens with two attached hydrogens (primary N) is 1. The molecule has 0 amide bonds. The monoisotopic (exact) mass is 245 g/mol. The minimum Gasteiger partial charge on any atom is -0.497 e. The Morgan fingerprint density at radius 1 is 1.28 bits per heavy atom. The highest BCUT2D eigenvalue weighted by Gasteiger charge is 2.05. The third-order valence-electron chi connectivity index (χ3n) is 2.53. The van der Waals surface area contributed by atoms with Gasteiger partial charge in [0.2, 0.25) is 0 Å². The minimum atomic E-state index is 0.304. The number of rotatable bonds is 4. The Kier molecular flexibility index (Phi) is 3.74. The average Bonchev–Trinajstić information content (AvgIpc) is 2.39. The molecular weight excluding hydrogens is 230 g/mol. The molecule has 0 aliphatic carbocycles. The third kappa shape index (κ3) is 2.75. The summed E-state index contributed by atoms with van der Waals surface area (Å²) in [6, 6.07) is 7.58. The molecule has 2 rings (SSSR count). The molecule has 5 nitrogen and oxygen atoms in total. The van der Waals surface area contributed by atoms with E-state index in [0.717, 1.165) is 17.0 Å². The number of ether oxygens (including phenoxy) is 2. The van der Waals surface area contributed by atoms with Gasteiger partial charge in [-0.1, -0.05) is 6.07 Å². The molecule has 2 aromatic rings. The molecule has 0 saturated carbocycles. The van der Waals surface area contributed by atoms with Gasteiger partial charge >= 0.3 is 6.01 Å². The van der Waals surface area contributed by atoms with Gasteiger partial charge < -0.3 is 15.2 Å². The lowest BCUT2D eigenvalue weighted by Crippen LogP contribution is -2.03. The molecule has 0 fully saturated rings. The highest BCUT2D eigenvalue weighted by molar-refractivity contribution is 5.34. The summed E-state index contributed by atoms with van der Waals surface area (Å²) in [5.41, 5.74) is 7.29. The van der Waals surface area contributed by atoms with Crippen molar-refractivity contribution in [3.8, 4) is 17.5 Å². The van der Waals surface area contributed by atoms with Crippen LogP contribution in [0, 0.1) is 6.92 Å². The highest BCUT2D eigenvalue weighted by atomic mass is 16.5. The maximum absolute atomic E-state index is 5.56. The summed E-state index contributed by atoms with van der Waals surface area (Å²) in [6.07, 6.45) is 1.68. The number of hydrogen-bond donors (Lipinski definition) is 1. The van der Waals surface area contributed by atoms with Crippen LogP contribution in [-0.4, -0.2) is 17.1 Å². The summed E-state index contributed by atoms with van der Waals surface area (Å²) < 4.78 is 10.7. The molecule has 1 aromatic heterocycles. The van der Waals surface area contributed by atoms with E-state index in [9.17, 15) is 0 Å². The van der Waals surface area contributed by atoms with Gasteiger partial charge in [-0.25, -0.2) is 4.98 Å². The smallest absolute Gasteiger partial charge is 0.322 e. The van der Waals surface area contributed by atoms with Gasteiger partial charge in [-0.15, -0.1) is 0 Å². The molecule has 5 heteroatoms. The van der Waals surface area contributed by atoms with Gasteiger partial charge in [0.15, 0.2) is 0 Å². The van der Waals surface area contributed by atoms with Crippen LogP contribution in [-0.2, 0) is 6.54 Å². The predicted octanol–water partition coefficient (Wildman–Crippen LogP) is 2.04. The molecule has 1 aromatic carbocycles. The first-order chi connectivity index (χ1) is 8.72. The maximum Gasteiger partial charge on any atom is 0.322 e. The van der Waals surface area contributed by atoms with E-state index < -0.39 is 0 Å². The second kappa shape index (κ2) is 5.46. The van der Waals surface area contributed by atoms with E-state index in [1.165, 1.54) is 0 Å². The summed E-state index contributed by atoms with van der Waals surface area (Å²) in [5.74, 6) is 1.36. The van der Waals surface area contributed by atoms with E-state index in [4.69, 9.17) is 15.2 Å². The summed E-state index contributed by atoms with van der Waals surface area (Å²) >= 11 is 0. The average molecular weight is 245 g/mol. The van der Waals surface area contributed by atoms with Crippen molar-refractivity contribution in [1.82, 2.24) is 9.97 Å². The van der Waals surface area contributed by atoms with Gasteiger partial charge in [-0.2, -0.15) is 4.98 Å². The van der Waals surface area contributed by atoms with E-state index in [1.807, 2.05) is 25.1 Å². The van der Waals surface area contributed by atoms with Crippen LogP contribution in [0.15, 0.2) is 30.5 Å². The van der Waals surface area contributed by atoms with E-state index in [1.54, 1.807) is 19.4 Å². The zero-order chi connectivity index (χ0) is 13.0. The van der Waals surface area contributed by atoms with Crippen molar-refractivity contribution in [3.05, 3.63) is 41.7 Å². The summed E-state index contributed by atoms with van der Waals surface area (Å²) in [7, 11) is 1.61. The number of aryl methyl sites for hydroxylation is 1. The lowest BCUT2D eigenvalue weighted by Gasteiger charge is -2.07. The molecule has 0 bridgehead atoms. The third-order valence-corrected chi connectivity index (χ3v) is 2.53. The van der Waals surface area contributed by atoms with E-state index >= 15 is 0 Å². The quantitative estimate of drug-likeness (QED) is 0.892. The molecule has 18 heavy (non-hydrogen) atoms. The molecule has 0 radical (unpaired) electrons. The van der Waals surface area contributed by atoms with Gasteiger partial charge in [0.1, 0.15) is 11.5 Å². The molecule has 0 unspecified atom stereocenters. The molecule has 0 aliphatic rings. The van der Waals surface area contributed by atoms with Crippen LogP contribution in [0.3, 0.4) is 0 Å². The Hall–Kier alpha value is -2.14. The van der Waals surface area contributed by atoms with Crippen molar-refractivity contribution >= 4 is 0 Å². The minimum absolute atomic E-state index is 0.304. The summed E-state index contributed by atoms with van der Waals surface area (Å²) in [5, 5.41) is 0. The van der Waals surface area contributed by atoms with E-state index in [0.29, 0.717) is 18.3 Å². The molecule has 0 saturated heterocycles. The number of hydrogen-bond acceptors (Lipinski definition) is 5. The lowest BCUT2D eigenvalue weighted by molar-refractivity contribution is 0.404. The van der Waals surface area contributed by atoms with Crippen LogP contribution < -0.4 is 15.2 Å². The highest BCUT2D eigenvalue weighted by Crippen LogP contribution is 2.23. The number of nitrogens with zero attached hydrogens (tertiary/aromatic N) is 2. The van der Waals surface area contributed by atoms with Crippen LogP contribution in [0.5, 0.6) is 17.5 Å². The van der Waals surface area contributed by atoms with Gasteiger partial charge in [-0.05, 0) is 19.1 Å². The fourth-order valence-corrected chi connectivity index (χ4v) is 1.49. The first kappa shape index (κ1) is 12.3. The van der Waals surface area contributed by atoms with Gasteiger partial charge in [0.25, 0.3) is 0 Å². The first-order valence-corrected chi connectivity index (χ1v) is 5.57.